The topological polar surface area (TPSA) is 23.6 Å². The maximum Gasteiger partial charge on any atom is 0.219 e. The van der Waals surface area contributed by atoms with E-state index in [0.29, 0.717) is 17.8 Å². The molecule has 116 valence electrons. The van der Waals surface area contributed by atoms with Gasteiger partial charge in [0.25, 0.3) is 0 Å². The van der Waals surface area contributed by atoms with Gasteiger partial charge >= 0.3 is 0 Å². The zero-order valence-electron chi connectivity index (χ0n) is 14.1. The molecule has 0 bridgehead atoms. The molecule has 0 aromatic carbocycles. The zero-order valence-corrected chi connectivity index (χ0v) is 14.1. The minimum Gasteiger partial charge on any atom is -0.343 e. The molecule has 1 amide bonds. The van der Waals surface area contributed by atoms with Gasteiger partial charge in [-0.3, -0.25) is 4.79 Å². The fourth-order valence-electron chi connectivity index (χ4n) is 3.37. The first-order valence-electron chi connectivity index (χ1n) is 7.88. The third-order valence-electron chi connectivity index (χ3n) is 4.51. The van der Waals surface area contributed by atoms with E-state index in [1.54, 1.807) is 6.92 Å². The first-order chi connectivity index (χ1) is 9.31. The summed E-state index contributed by atoms with van der Waals surface area (Å²) in [5.41, 5.74) is 1.50. The highest BCUT2D eigenvalue weighted by Gasteiger charge is 2.29. The van der Waals surface area contributed by atoms with Crippen LogP contribution >= 0.6 is 0 Å². The first kappa shape index (κ1) is 17.2. The van der Waals surface area contributed by atoms with Crippen molar-refractivity contribution in [2.24, 2.45) is 17.8 Å². The summed E-state index contributed by atoms with van der Waals surface area (Å²) in [5, 5.41) is 0. The van der Waals surface area contributed by atoms with Crippen LogP contribution < -0.4 is 0 Å². The molecule has 1 rings (SSSR count). The lowest BCUT2D eigenvalue weighted by molar-refractivity contribution is -0.130. The molecule has 0 aliphatic heterocycles. The Morgan fingerprint density at radius 2 is 1.95 bits per heavy atom. The van der Waals surface area contributed by atoms with Crippen molar-refractivity contribution in [2.75, 3.05) is 33.7 Å². The smallest absolute Gasteiger partial charge is 0.219 e. The van der Waals surface area contributed by atoms with E-state index < -0.39 is 0 Å². The summed E-state index contributed by atoms with van der Waals surface area (Å²) in [5.74, 6) is 2.07. The van der Waals surface area contributed by atoms with Crippen LogP contribution in [0.25, 0.3) is 0 Å². The maximum atomic E-state index is 11.9. The van der Waals surface area contributed by atoms with E-state index in [1.165, 1.54) is 12.0 Å². The highest BCUT2D eigenvalue weighted by atomic mass is 16.2. The monoisotopic (exact) mass is 280 g/mol. The number of carbonyl (C=O) groups excluding carboxylic acids is 1. The van der Waals surface area contributed by atoms with E-state index in [1.807, 2.05) is 0 Å². The van der Waals surface area contributed by atoms with Gasteiger partial charge in [0, 0.05) is 20.0 Å². The average Bonchev–Trinajstić information content (AvgIpc) is 2.30. The second-order valence-electron chi connectivity index (χ2n) is 6.84. The van der Waals surface area contributed by atoms with E-state index in [0.717, 1.165) is 26.1 Å². The number of rotatable bonds is 6. The molecule has 0 fully saturated rings. The molecule has 0 unspecified atom stereocenters. The summed E-state index contributed by atoms with van der Waals surface area (Å²) in [7, 11) is 4.16. The molecule has 0 spiro atoms. The van der Waals surface area contributed by atoms with Gasteiger partial charge in [-0.05, 0) is 58.2 Å². The summed E-state index contributed by atoms with van der Waals surface area (Å²) in [6, 6.07) is 0. The van der Waals surface area contributed by atoms with Crippen molar-refractivity contribution in [3.63, 3.8) is 0 Å². The number of hydrogen-bond donors (Lipinski definition) is 0. The largest absolute Gasteiger partial charge is 0.343 e. The highest BCUT2D eigenvalue weighted by molar-refractivity contribution is 5.73. The molecule has 0 saturated carbocycles. The van der Waals surface area contributed by atoms with Crippen molar-refractivity contribution in [1.82, 2.24) is 9.80 Å². The van der Waals surface area contributed by atoms with Crippen LogP contribution in [-0.2, 0) is 4.79 Å². The van der Waals surface area contributed by atoms with Crippen LogP contribution in [0, 0.1) is 17.8 Å². The first-order valence-corrected chi connectivity index (χ1v) is 7.88. The van der Waals surface area contributed by atoms with Crippen LogP contribution in [-0.4, -0.2) is 49.4 Å². The summed E-state index contributed by atoms with van der Waals surface area (Å²) < 4.78 is 0. The Morgan fingerprint density at radius 3 is 2.45 bits per heavy atom. The lowest BCUT2D eigenvalue weighted by Gasteiger charge is -2.37. The third-order valence-corrected chi connectivity index (χ3v) is 4.51. The summed E-state index contributed by atoms with van der Waals surface area (Å²) >= 11 is 0. The number of amides is 1. The Labute approximate surface area is 125 Å². The fourth-order valence-corrected chi connectivity index (χ4v) is 3.37. The number of carbonyl (C=O) groups is 1. The lowest BCUT2D eigenvalue weighted by Crippen LogP contribution is -2.40. The molecule has 3 atom stereocenters. The molecule has 0 N–H and O–H groups in total. The molecule has 3 heteroatoms. The van der Waals surface area contributed by atoms with Crippen LogP contribution in [0.1, 0.15) is 40.5 Å². The minimum atomic E-state index is 0.217. The highest BCUT2D eigenvalue weighted by Crippen LogP contribution is 2.34. The van der Waals surface area contributed by atoms with Crippen molar-refractivity contribution >= 4 is 5.91 Å². The molecule has 0 radical (unpaired) electrons. The SMILES string of the molecule is CC(=O)N(CCCN(C)C)C[C@H]1[C@@H](C)C=C(C)C[C@@H]1C. The Balaban J connectivity index is 2.59. The van der Waals surface area contributed by atoms with Crippen molar-refractivity contribution < 1.29 is 4.79 Å². The van der Waals surface area contributed by atoms with Crippen molar-refractivity contribution in [3.8, 4) is 0 Å². The van der Waals surface area contributed by atoms with E-state index in [2.05, 4.69) is 50.7 Å². The van der Waals surface area contributed by atoms with Crippen LogP contribution in [0.2, 0.25) is 0 Å². The molecule has 3 nitrogen and oxygen atoms in total. The quantitative estimate of drug-likeness (QED) is 0.698. The molecular formula is C17H32N2O. The average molecular weight is 280 g/mol. The summed E-state index contributed by atoms with van der Waals surface area (Å²) in [4.78, 5) is 16.1. The van der Waals surface area contributed by atoms with Crippen LogP contribution in [0.3, 0.4) is 0 Å². The Bertz CT molecular complexity index is 349. The Morgan fingerprint density at radius 1 is 1.30 bits per heavy atom. The van der Waals surface area contributed by atoms with Gasteiger partial charge in [0.05, 0.1) is 0 Å². The predicted molar refractivity (Wildman–Crippen MR) is 85.6 cm³/mol. The summed E-state index contributed by atoms with van der Waals surface area (Å²) in [6.45, 7) is 11.4. The van der Waals surface area contributed by atoms with Crippen LogP contribution in [0.4, 0.5) is 0 Å². The molecule has 1 aliphatic carbocycles. The van der Waals surface area contributed by atoms with Crippen molar-refractivity contribution in [2.45, 2.75) is 40.5 Å². The maximum absolute atomic E-state index is 11.9. The Kier molecular flexibility index (Phi) is 6.74. The van der Waals surface area contributed by atoms with Crippen LogP contribution in [0.15, 0.2) is 11.6 Å². The number of nitrogens with zero attached hydrogens (tertiary/aromatic N) is 2. The van der Waals surface area contributed by atoms with Crippen molar-refractivity contribution in [3.05, 3.63) is 11.6 Å². The fraction of sp³-hybridized carbons (Fsp3) is 0.824. The molecule has 0 aromatic heterocycles. The second kappa shape index (κ2) is 7.82. The van der Waals surface area contributed by atoms with Gasteiger partial charge < -0.3 is 9.80 Å². The standard InChI is InChI=1S/C17H32N2O/c1-13-10-14(2)17(15(3)11-13)12-19(16(4)20)9-7-8-18(5)6/h10,14-15,17H,7-9,11-12H2,1-6H3/t14-,15-,17-/m0/s1. The van der Waals surface area contributed by atoms with Gasteiger partial charge in [0.2, 0.25) is 5.91 Å². The van der Waals surface area contributed by atoms with Gasteiger partial charge in [0.15, 0.2) is 0 Å². The molecule has 1 aliphatic rings. The zero-order chi connectivity index (χ0) is 15.3. The molecule has 0 aromatic rings. The van der Waals surface area contributed by atoms with Gasteiger partial charge in [-0.1, -0.05) is 25.5 Å². The molecule has 0 saturated heterocycles. The van der Waals surface area contributed by atoms with Gasteiger partial charge in [-0.15, -0.1) is 0 Å². The van der Waals surface area contributed by atoms with Crippen molar-refractivity contribution in [1.29, 1.82) is 0 Å². The van der Waals surface area contributed by atoms with E-state index in [9.17, 15) is 4.79 Å². The summed E-state index contributed by atoms with van der Waals surface area (Å²) in [6.07, 6.45) is 4.62. The van der Waals surface area contributed by atoms with Gasteiger partial charge in [-0.25, -0.2) is 0 Å². The predicted octanol–water partition coefficient (Wildman–Crippen LogP) is 3.03. The molecule has 20 heavy (non-hydrogen) atoms. The van der Waals surface area contributed by atoms with E-state index in [4.69, 9.17) is 0 Å². The number of hydrogen-bond acceptors (Lipinski definition) is 2. The second-order valence-corrected chi connectivity index (χ2v) is 6.84. The van der Waals surface area contributed by atoms with E-state index >= 15 is 0 Å². The van der Waals surface area contributed by atoms with E-state index in [-0.39, 0.29) is 5.91 Å². The van der Waals surface area contributed by atoms with Gasteiger partial charge in [0.1, 0.15) is 0 Å². The molecule has 0 heterocycles. The lowest BCUT2D eigenvalue weighted by atomic mass is 9.74. The van der Waals surface area contributed by atoms with Crippen LogP contribution in [0.5, 0.6) is 0 Å². The minimum absolute atomic E-state index is 0.217. The van der Waals surface area contributed by atoms with Gasteiger partial charge in [-0.2, -0.15) is 0 Å². The number of allylic oxidation sites excluding steroid dienone is 2. The normalized spacial score (nSPS) is 26.6. The Hall–Kier alpha value is -0.830. The molecular weight excluding hydrogens is 248 g/mol. The third kappa shape index (κ3) is 5.28.